The number of hydrazone groups is 1. The molecule has 0 fully saturated rings. The molecule has 32 heavy (non-hydrogen) atoms. The van der Waals surface area contributed by atoms with Crippen LogP contribution in [0.4, 0.5) is 5.69 Å². The average Bonchev–Trinajstić information content (AvgIpc) is 3.50. The van der Waals surface area contributed by atoms with Gasteiger partial charge in [-0.3, -0.25) is 5.01 Å². The molecule has 0 N–H and O–H groups in total. The molecule has 0 saturated carbocycles. The van der Waals surface area contributed by atoms with Crippen LogP contribution >= 0.6 is 11.8 Å². The topological polar surface area (TPSA) is 55.5 Å². The minimum absolute atomic E-state index is 0.0367. The van der Waals surface area contributed by atoms with Crippen LogP contribution in [0, 0.1) is 6.92 Å². The third kappa shape index (κ3) is 3.08. The summed E-state index contributed by atoms with van der Waals surface area (Å²) in [6, 6.07) is 26.9. The van der Waals surface area contributed by atoms with E-state index in [0.717, 1.165) is 33.8 Å². The second kappa shape index (κ2) is 7.53. The van der Waals surface area contributed by atoms with Crippen molar-refractivity contribution in [2.75, 3.05) is 12.1 Å². The van der Waals surface area contributed by atoms with E-state index in [0.29, 0.717) is 0 Å². The second-order valence-electron chi connectivity index (χ2n) is 7.89. The molecule has 2 aliphatic rings. The maximum Gasteiger partial charge on any atom is 0.193 e. The van der Waals surface area contributed by atoms with Crippen LogP contribution in [-0.4, -0.2) is 33.0 Å². The number of methoxy groups -OCH3 is 1. The van der Waals surface area contributed by atoms with Crippen LogP contribution in [0.1, 0.15) is 17.2 Å². The van der Waals surface area contributed by atoms with Crippen molar-refractivity contribution in [3.05, 3.63) is 90.0 Å². The number of benzene rings is 3. The fourth-order valence-electron chi connectivity index (χ4n) is 4.16. The zero-order valence-corrected chi connectivity index (χ0v) is 18.5. The predicted octanol–water partition coefficient (Wildman–Crippen LogP) is 5.16. The summed E-state index contributed by atoms with van der Waals surface area (Å²) in [5.74, 6) is 2.49. The molecular weight excluding hydrogens is 418 g/mol. The molecule has 0 radical (unpaired) electrons. The number of rotatable bonds is 4. The average molecular weight is 440 g/mol. The van der Waals surface area contributed by atoms with Gasteiger partial charge in [-0.2, -0.15) is 9.78 Å². The highest BCUT2D eigenvalue weighted by molar-refractivity contribution is 8.01. The third-order valence-electron chi connectivity index (χ3n) is 5.83. The maximum absolute atomic E-state index is 5.36. The van der Waals surface area contributed by atoms with Crippen LogP contribution in [-0.2, 0) is 0 Å². The molecule has 3 aromatic carbocycles. The van der Waals surface area contributed by atoms with Gasteiger partial charge in [-0.25, -0.2) is 4.98 Å². The van der Waals surface area contributed by atoms with Crippen LogP contribution in [0.5, 0.6) is 5.75 Å². The SMILES string of the molecule is COc1ccc([C@H]2[C@@H]3Sc4nc(-c5ccc(C)cc5)nn4C3=NN2c2ccccc2)cc1. The second-order valence-corrected chi connectivity index (χ2v) is 9.00. The Bertz CT molecular complexity index is 1300. The Morgan fingerprint density at radius 3 is 2.38 bits per heavy atom. The van der Waals surface area contributed by atoms with Crippen LogP contribution in [0.2, 0.25) is 0 Å². The summed E-state index contributed by atoms with van der Waals surface area (Å²) in [5.41, 5.74) is 4.46. The highest BCUT2D eigenvalue weighted by atomic mass is 32.2. The van der Waals surface area contributed by atoms with E-state index in [4.69, 9.17) is 19.9 Å². The lowest BCUT2D eigenvalue weighted by molar-refractivity contribution is 0.414. The van der Waals surface area contributed by atoms with Gasteiger partial charge in [0.2, 0.25) is 0 Å². The molecule has 2 atom stereocenters. The lowest BCUT2D eigenvalue weighted by atomic mass is 10.0. The van der Waals surface area contributed by atoms with Crippen molar-refractivity contribution in [2.45, 2.75) is 23.4 Å². The van der Waals surface area contributed by atoms with Gasteiger partial charge in [0, 0.05) is 5.56 Å². The Hall–Kier alpha value is -3.58. The van der Waals surface area contributed by atoms with Crippen LogP contribution < -0.4 is 9.75 Å². The highest BCUT2D eigenvalue weighted by Crippen LogP contribution is 2.47. The van der Waals surface area contributed by atoms with Crippen molar-refractivity contribution in [2.24, 2.45) is 5.10 Å². The first-order valence-corrected chi connectivity index (χ1v) is 11.4. The summed E-state index contributed by atoms with van der Waals surface area (Å²) in [7, 11) is 1.69. The van der Waals surface area contributed by atoms with Gasteiger partial charge in [0.05, 0.1) is 18.8 Å². The van der Waals surface area contributed by atoms with Gasteiger partial charge in [-0.1, -0.05) is 71.9 Å². The first kappa shape index (κ1) is 19.1. The summed E-state index contributed by atoms with van der Waals surface area (Å²) >= 11 is 1.72. The Morgan fingerprint density at radius 1 is 0.906 bits per heavy atom. The Balaban J connectivity index is 1.41. The standard InChI is InChI=1S/C25H21N5OS/c1-16-8-10-18(11-9-16)23-26-25-30(27-23)24-22(32-25)21(17-12-14-20(31-2)15-13-17)29(28-24)19-6-4-3-5-7-19/h3-15,21-22H,1-2H3/t21-,22-/m0/s1. The number of hydrogen-bond donors (Lipinski definition) is 0. The number of fused-ring (bicyclic) bond motifs is 3. The van der Waals surface area contributed by atoms with Crippen LogP contribution in [0.15, 0.2) is 89.1 Å². The largest absolute Gasteiger partial charge is 0.497 e. The zero-order chi connectivity index (χ0) is 21.7. The summed E-state index contributed by atoms with van der Waals surface area (Å²) in [4.78, 5) is 4.82. The minimum Gasteiger partial charge on any atom is -0.497 e. The van der Waals surface area contributed by atoms with E-state index in [9.17, 15) is 0 Å². The van der Waals surface area contributed by atoms with E-state index >= 15 is 0 Å². The minimum atomic E-state index is 0.0367. The van der Waals surface area contributed by atoms with Gasteiger partial charge >= 0.3 is 0 Å². The number of aromatic nitrogens is 3. The van der Waals surface area contributed by atoms with Crippen molar-refractivity contribution < 1.29 is 4.74 Å². The molecule has 2 aliphatic heterocycles. The molecule has 0 saturated heterocycles. The van der Waals surface area contributed by atoms with E-state index in [1.54, 1.807) is 18.9 Å². The van der Waals surface area contributed by atoms with E-state index in [-0.39, 0.29) is 11.3 Å². The number of para-hydroxylation sites is 1. The summed E-state index contributed by atoms with van der Waals surface area (Å²) in [6.07, 6.45) is 0. The fourth-order valence-corrected chi connectivity index (χ4v) is 5.41. The molecule has 4 aromatic rings. The van der Waals surface area contributed by atoms with Crippen molar-refractivity contribution in [3.8, 4) is 17.1 Å². The Morgan fingerprint density at radius 2 is 1.66 bits per heavy atom. The van der Waals surface area contributed by atoms with E-state index in [1.807, 2.05) is 35.0 Å². The highest BCUT2D eigenvalue weighted by Gasteiger charge is 2.47. The third-order valence-corrected chi connectivity index (χ3v) is 7.03. The number of nitrogens with zero attached hydrogens (tertiary/aromatic N) is 5. The number of thioether (sulfide) groups is 1. The first-order valence-electron chi connectivity index (χ1n) is 10.5. The first-order chi connectivity index (χ1) is 15.7. The summed E-state index contributed by atoms with van der Waals surface area (Å²) in [5, 5.41) is 13.0. The van der Waals surface area contributed by atoms with Crippen molar-refractivity contribution in [3.63, 3.8) is 0 Å². The van der Waals surface area contributed by atoms with Gasteiger partial charge < -0.3 is 4.74 Å². The monoisotopic (exact) mass is 439 g/mol. The van der Waals surface area contributed by atoms with Crippen molar-refractivity contribution >= 4 is 23.3 Å². The predicted molar refractivity (Wildman–Crippen MR) is 127 cm³/mol. The van der Waals surface area contributed by atoms with Gasteiger partial charge in [0.25, 0.3) is 0 Å². The molecule has 6 nitrogen and oxygen atoms in total. The maximum atomic E-state index is 5.36. The van der Waals surface area contributed by atoms with E-state index < -0.39 is 0 Å². The van der Waals surface area contributed by atoms with Crippen molar-refractivity contribution in [1.29, 1.82) is 0 Å². The van der Waals surface area contributed by atoms with Gasteiger partial charge in [-0.15, -0.1) is 5.10 Å². The molecule has 7 heteroatoms. The number of aryl methyl sites for hydroxylation is 1. The number of hydrogen-bond acceptors (Lipinski definition) is 6. The summed E-state index contributed by atoms with van der Waals surface area (Å²) in [6.45, 7) is 2.08. The quantitative estimate of drug-likeness (QED) is 0.440. The molecule has 0 bridgehead atoms. The smallest absolute Gasteiger partial charge is 0.193 e. The lowest BCUT2D eigenvalue weighted by Gasteiger charge is -2.26. The Kier molecular flexibility index (Phi) is 4.50. The molecule has 0 amide bonds. The normalized spacial score (nSPS) is 18.9. The van der Waals surface area contributed by atoms with Gasteiger partial charge in [-0.05, 0) is 36.8 Å². The molecule has 6 rings (SSSR count). The molecule has 158 valence electrons. The number of anilines is 1. The lowest BCUT2D eigenvalue weighted by Crippen LogP contribution is -2.27. The molecule has 0 unspecified atom stereocenters. The van der Waals surface area contributed by atoms with Crippen LogP contribution in [0.3, 0.4) is 0 Å². The van der Waals surface area contributed by atoms with Crippen molar-refractivity contribution in [1.82, 2.24) is 14.8 Å². The molecule has 1 aromatic heterocycles. The van der Waals surface area contributed by atoms with E-state index in [1.165, 1.54) is 11.1 Å². The number of ether oxygens (including phenoxy) is 1. The van der Waals surface area contributed by atoms with E-state index in [2.05, 4.69) is 60.5 Å². The molecule has 0 aliphatic carbocycles. The zero-order valence-electron chi connectivity index (χ0n) is 17.7. The Labute approximate surface area is 190 Å². The fraction of sp³-hybridized carbons (Fsp3) is 0.160. The molecular formula is C25H21N5OS. The summed E-state index contributed by atoms with van der Waals surface area (Å²) < 4.78 is 7.27. The van der Waals surface area contributed by atoms with Crippen LogP contribution in [0.25, 0.3) is 11.4 Å². The molecule has 3 heterocycles. The van der Waals surface area contributed by atoms with Gasteiger partial charge in [0.15, 0.2) is 16.8 Å². The molecule has 0 spiro atoms. The van der Waals surface area contributed by atoms with Gasteiger partial charge in [0.1, 0.15) is 11.0 Å².